The maximum Gasteiger partial charge on any atom is 0.341 e. The zero-order chi connectivity index (χ0) is 31.2. The number of unbranched alkanes of at least 4 members (excludes halogenated alkanes) is 12. The predicted molar refractivity (Wildman–Crippen MR) is 163 cm³/mol. The van der Waals surface area contributed by atoms with Crippen molar-refractivity contribution in [3.63, 3.8) is 0 Å². The second-order valence-corrected chi connectivity index (χ2v) is 14.0. The Labute approximate surface area is 257 Å². The van der Waals surface area contributed by atoms with Crippen molar-refractivity contribution in [2.45, 2.75) is 152 Å². The molecule has 0 aromatic rings. The highest BCUT2D eigenvalue weighted by Crippen LogP contribution is 2.53. The molecule has 2 rings (SSSR count). The van der Waals surface area contributed by atoms with Crippen LogP contribution in [0.15, 0.2) is 0 Å². The summed E-state index contributed by atoms with van der Waals surface area (Å²) in [6.07, 6.45) is 12.0. The molecule has 2 aliphatic rings. The molecule has 0 aromatic carbocycles. The van der Waals surface area contributed by atoms with Gasteiger partial charge in [-0.3, -0.25) is 29.0 Å². The monoisotopic (exact) mass is 628 g/mol. The minimum atomic E-state index is -2.05. The first-order valence-corrected chi connectivity index (χ1v) is 17.8. The van der Waals surface area contributed by atoms with Gasteiger partial charge in [0.05, 0.1) is 0 Å². The van der Waals surface area contributed by atoms with Crippen LogP contribution in [0.25, 0.3) is 0 Å². The molecule has 0 radical (unpaired) electrons. The fraction of sp³-hybridized carbons (Fsp3) is 0.800. The van der Waals surface area contributed by atoms with E-state index in [1.807, 2.05) is 0 Å². The van der Waals surface area contributed by atoms with E-state index in [9.17, 15) is 39.0 Å². The van der Waals surface area contributed by atoms with Gasteiger partial charge in [-0.25, -0.2) is 9.59 Å². The molecule has 2 heterocycles. The van der Waals surface area contributed by atoms with Crippen molar-refractivity contribution in [2.24, 2.45) is 0 Å². The molecular weight excluding hydrogens is 580 g/mol. The molecule has 2 fully saturated rings. The minimum Gasteiger partial charge on any atom is -0.479 e. The lowest BCUT2D eigenvalue weighted by Crippen LogP contribution is -2.57. The van der Waals surface area contributed by atoms with E-state index in [1.165, 1.54) is 0 Å². The highest BCUT2D eigenvalue weighted by molar-refractivity contribution is 8.78. The summed E-state index contributed by atoms with van der Waals surface area (Å²) in [5.74, 6) is -5.27. The second-order valence-electron chi connectivity index (χ2n) is 11.3. The summed E-state index contributed by atoms with van der Waals surface area (Å²) >= 11 is 0. The largest absolute Gasteiger partial charge is 0.479 e. The molecule has 2 atom stereocenters. The average molecular weight is 629 g/mol. The summed E-state index contributed by atoms with van der Waals surface area (Å²) in [5.41, 5.74) is 0. The van der Waals surface area contributed by atoms with Gasteiger partial charge in [0.25, 0.3) is 0 Å². The van der Waals surface area contributed by atoms with Crippen molar-refractivity contribution in [3.05, 3.63) is 0 Å². The fourth-order valence-electron chi connectivity index (χ4n) is 5.60. The van der Waals surface area contributed by atoms with Crippen LogP contribution in [0.2, 0.25) is 0 Å². The van der Waals surface area contributed by atoms with Crippen molar-refractivity contribution in [2.75, 3.05) is 0 Å². The number of carboxylic acids is 2. The average Bonchev–Trinajstić information content (AvgIpc) is 3.47. The molecule has 2 saturated heterocycles. The van der Waals surface area contributed by atoms with Crippen LogP contribution < -0.4 is 0 Å². The summed E-state index contributed by atoms with van der Waals surface area (Å²) in [5, 5.41) is 21.1. The van der Waals surface area contributed by atoms with Crippen LogP contribution in [0.4, 0.5) is 0 Å². The van der Waals surface area contributed by atoms with Gasteiger partial charge >= 0.3 is 11.9 Å². The van der Waals surface area contributed by atoms with Gasteiger partial charge < -0.3 is 10.2 Å². The van der Waals surface area contributed by atoms with Crippen LogP contribution in [-0.4, -0.2) is 65.3 Å². The summed E-state index contributed by atoms with van der Waals surface area (Å²) in [7, 11) is 1.26. The van der Waals surface area contributed by atoms with Gasteiger partial charge in [-0.15, -0.1) is 0 Å². The Bertz CT molecular complexity index is 869. The Morgan fingerprint density at radius 1 is 0.548 bits per heavy atom. The third kappa shape index (κ3) is 9.21. The van der Waals surface area contributed by atoms with Crippen LogP contribution >= 0.6 is 21.6 Å². The molecule has 10 nitrogen and oxygen atoms in total. The molecule has 4 amide bonds. The molecule has 0 aliphatic carbocycles. The second kappa shape index (κ2) is 17.9. The van der Waals surface area contributed by atoms with Gasteiger partial charge in [0.2, 0.25) is 33.4 Å². The molecule has 0 saturated carbocycles. The van der Waals surface area contributed by atoms with E-state index in [1.54, 1.807) is 0 Å². The lowest BCUT2D eigenvalue weighted by Gasteiger charge is -2.41. The molecular formula is C30H48N2O8S2. The Balaban J connectivity index is 2.34. The number of carbonyl (C=O) groups is 6. The number of carbonyl (C=O) groups excluding carboxylic acids is 4. The van der Waals surface area contributed by atoms with E-state index in [4.69, 9.17) is 0 Å². The quantitative estimate of drug-likeness (QED) is 0.0728. The van der Waals surface area contributed by atoms with Crippen LogP contribution in [0.3, 0.4) is 0 Å². The zero-order valence-electron chi connectivity index (χ0n) is 25.2. The third-order valence-electron chi connectivity index (χ3n) is 8.05. The maximum absolute atomic E-state index is 13.0. The number of carboxylic acid groups (broad SMARTS) is 2. The first-order chi connectivity index (χ1) is 20.1. The molecule has 2 unspecified atom stereocenters. The summed E-state index contributed by atoms with van der Waals surface area (Å²) < 4.78 is 0. The van der Waals surface area contributed by atoms with Crippen LogP contribution in [0, 0.1) is 0 Å². The number of hydrogen-bond donors (Lipinski definition) is 2. The van der Waals surface area contributed by atoms with Gasteiger partial charge in [-0.05, 0) is 47.3 Å². The Hall–Kier alpha value is -2.08. The van der Waals surface area contributed by atoms with Crippen molar-refractivity contribution < 1.29 is 39.0 Å². The number of amides is 4. The van der Waals surface area contributed by atoms with E-state index >= 15 is 0 Å². The first kappa shape index (κ1) is 36.1. The van der Waals surface area contributed by atoms with Crippen LogP contribution in [-0.2, 0) is 28.8 Å². The van der Waals surface area contributed by atoms with E-state index in [0.29, 0.717) is 47.3 Å². The van der Waals surface area contributed by atoms with Crippen molar-refractivity contribution in [3.8, 4) is 0 Å². The molecule has 42 heavy (non-hydrogen) atoms. The predicted octanol–water partition coefficient (Wildman–Crippen LogP) is 6.51. The Kier molecular flexibility index (Phi) is 15.4. The Morgan fingerprint density at radius 3 is 1.07 bits per heavy atom. The summed E-state index contributed by atoms with van der Waals surface area (Å²) in [6, 6.07) is 0. The summed E-state index contributed by atoms with van der Waals surface area (Å²) in [6.45, 7) is 4.24. The topological polar surface area (TPSA) is 149 Å². The molecule has 0 spiro atoms. The fourth-order valence-corrected chi connectivity index (χ4v) is 9.23. The van der Waals surface area contributed by atoms with Gasteiger partial charge in [-0.1, -0.05) is 90.9 Å². The number of imide groups is 2. The lowest BCUT2D eigenvalue weighted by molar-refractivity contribution is -0.157. The standard InChI is InChI=1S/C30H48N2O8S2/c1-3-5-7-9-11-13-15-21-29(27(37)38,31-23(33)17-18-24(31)34)41-42-30(28(39)40,32-25(35)19-20-26(32)36)22-16-14-12-10-8-6-4-2/h3-22H2,1-2H3,(H,37,38)(H,39,40). The van der Waals surface area contributed by atoms with E-state index in [0.717, 1.165) is 74.0 Å². The normalized spacial score (nSPS) is 18.5. The van der Waals surface area contributed by atoms with Crippen molar-refractivity contribution >= 4 is 57.2 Å². The molecule has 2 aliphatic heterocycles. The van der Waals surface area contributed by atoms with E-state index in [2.05, 4.69) is 13.8 Å². The van der Waals surface area contributed by atoms with Crippen molar-refractivity contribution in [1.29, 1.82) is 0 Å². The number of aliphatic carboxylic acids is 2. The third-order valence-corrected chi connectivity index (χ3v) is 11.7. The van der Waals surface area contributed by atoms with Crippen LogP contribution in [0.1, 0.15) is 142 Å². The minimum absolute atomic E-state index is 0.0553. The highest BCUT2D eigenvalue weighted by Gasteiger charge is 2.58. The van der Waals surface area contributed by atoms with Crippen molar-refractivity contribution in [1.82, 2.24) is 9.80 Å². The maximum atomic E-state index is 13.0. The van der Waals surface area contributed by atoms with Gasteiger partial charge in [-0.2, -0.15) is 0 Å². The zero-order valence-corrected chi connectivity index (χ0v) is 26.8. The number of likely N-dealkylation sites (tertiary alicyclic amines) is 2. The van der Waals surface area contributed by atoms with E-state index in [-0.39, 0.29) is 38.5 Å². The van der Waals surface area contributed by atoms with Crippen LogP contribution in [0.5, 0.6) is 0 Å². The molecule has 0 bridgehead atoms. The Morgan fingerprint density at radius 2 is 0.810 bits per heavy atom. The molecule has 12 heteroatoms. The first-order valence-electron chi connectivity index (χ1n) is 15.6. The number of rotatable bonds is 23. The number of nitrogens with zero attached hydrogens (tertiary/aromatic N) is 2. The lowest BCUT2D eigenvalue weighted by atomic mass is 10.0. The van der Waals surface area contributed by atoms with E-state index < -0.39 is 45.3 Å². The SMILES string of the molecule is CCCCCCCCCC(SSC(CCCCCCCCC)(C(=O)O)N1C(=O)CCC1=O)(C(=O)O)N1C(=O)CCC1=O. The smallest absolute Gasteiger partial charge is 0.341 e. The number of hydrogen-bond acceptors (Lipinski definition) is 8. The summed E-state index contributed by atoms with van der Waals surface area (Å²) in [4.78, 5) is 74.8. The van der Waals surface area contributed by atoms with Gasteiger partial charge in [0.15, 0.2) is 0 Å². The molecule has 0 aromatic heterocycles. The molecule has 2 N–H and O–H groups in total. The highest BCUT2D eigenvalue weighted by atomic mass is 33.1. The van der Waals surface area contributed by atoms with Gasteiger partial charge in [0.1, 0.15) is 0 Å². The van der Waals surface area contributed by atoms with Gasteiger partial charge in [0, 0.05) is 25.7 Å². The molecule has 238 valence electrons.